The molecule has 2 heterocycles. The molecule has 2 aromatic heterocycles. The largest absolute Gasteiger partial charge is 0.361 e. The van der Waals surface area contributed by atoms with Crippen LogP contribution in [-0.4, -0.2) is 26.7 Å². The van der Waals surface area contributed by atoms with E-state index in [1.807, 2.05) is 36.5 Å². The van der Waals surface area contributed by atoms with Gasteiger partial charge in [-0.1, -0.05) is 0 Å². The fourth-order valence-electron chi connectivity index (χ4n) is 4.23. The molecule has 2 N–H and O–H groups in total. The van der Waals surface area contributed by atoms with Gasteiger partial charge in [0.25, 0.3) is 11.5 Å². The van der Waals surface area contributed by atoms with Crippen molar-refractivity contribution in [2.24, 2.45) is 0 Å². The minimum Gasteiger partial charge on any atom is -0.361 e. The predicted octanol–water partition coefficient (Wildman–Crippen LogP) is 3.52. The number of nitrogens with one attached hydrogen (secondary N) is 2. The molecule has 0 unspecified atom stereocenters. The van der Waals surface area contributed by atoms with Gasteiger partial charge < -0.3 is 10.3 Å². The van der Waals surface area contributed by atoms with Crippen LogP contribution in [0.1, 0.15) is 66.5 Å². The lowest BCUT2D eigenvalue weighted by Crippen LogP contribution is -2.39. The Bertz CT molecular complexity index is 1070. The van der Waals surface area contributed by atoms with Gasteiger partial charge in [-0.3, -0.25) is 9.59 Å². The van der Waals surface area contributed by atoms with E-state index < -0.39 is 0 Å². The fraction of sp³-hybridized carbons (Fsp3) is 0.409. The molecule has 0 spiro atoms. The smallest absolute Gasteiger partial charge is 0.267 e. The van der Waals surface area contributed by atoms with Crippen LogP contribution in [0.2, 0.25) is 0 Å². The van der Waals surface area contributed by atoms with Gasteiger partial charge in [0.1, 0.15) is 0 Å². The molecule has 2 aliphatic carbocycles. The van der Waals surface area contributed by atoms with Gasteiger partial charge in [0.2, 0.25) is 0 Å². The van der Waals surface area contributed by atoms with Crippen molar-refractivity contribution in [1.29, 1.82) is 0 Å². The number of rotatable bonds is 4. The van der Waals surface area contributed by atoms with Gasteiger partial charge in [0.05, 0.1) is 11.7 Å². The Morgan fingerprint density at radius 1 is 1.04 bits per heavy atom. The molecule has 0 atom stereocenters. The number of amides is 1. The summed E-state index contributed by atoms with van der Waals surface area (Å²) in [6, 6.07) is 11.5. The highest BCUT2D eigenvalue weighted by molar-refractivity contribution is 5.98. The minimum absolute atomic E-state index is 0.0170. The van der Waals surface area contributed by atoms with E-state index in [1.54, 1.807) is 10.7 Å². The molecule has 0 aliphatic heterocycles. The number of nitrogens with zero attached hydrogens (tertiary/aromatic N) is 2. The number of carbonyl (C=O) groups excluding carboxylic acids is 1. The van der Waals surface area contributed by atoms with Crippen LogP contribution in [0, 0.1) is 0 Å². The molecule has 2 aliphatic rings. The topological polar surface area (TPSA) is 79.8 Å². The first-order valence-electron chi connectivity index (χ1n) is 10.1. The molecule has 6 heteroatoms. The lowest BCUT2D eigenvalue weighted by atomic mass is 9.91. The second-order valence-corrected chi connectivity index (χ2v) is 8.07. The first-order chi connectivity index (χ1) is 13.7. The molecule has 0 bridgehead atoms. The molecule has 1 amide bonds. The number of aromatic nitrogens is 3. The molecular formula is C22H24N4O2. The number of benzene rings is 1. The van der Waals surface area contributed by atoms with E-state index in [0.717, 1.165) is 42.3 Å². The minimum atomic E-state index is -0.0300. The molecule has 28 heavy (non-hydrogen) atoms. The monoisotopic (exact) mass is 376 g/mol. The van der Waals surface area contributed by atoms with Crippen LogP contribution >= 0.6 is 0 Å². The van der Waals surface area contributed by atoms with Crippen molar-refractivity contribution in [2.45, 2.75) is 56.5 Å². The zero-order chi connectivity index (χ0) is 19.1. The average Bonchev–Trinajstić information content (AvgIpc) is 3.46. The van der Waals surface area contributed by atoms with E-state index >= 15 is 0 Å². The number of hydrogen-bond donors (Lipinski definition) is 2. The molecule has 5 rings (SSSR count). The van der Waals surface area contributed by atoms with Crippen LogP contribution in [-0.2, 0) is 0 Å². The first-order valence-corrected chi connectivity index (χ1v) is 10.1. The summed E-state index contributed by atoms with van der Waals surface area (Å²) in [7, 11) is 0. The molecule has 1 aromatic carbocycles. The van der Waals surface area contributed by atoms with Gasteiger partial charge in [-0.15, -0.1) is 0 Å². The Labute approximate surface area is 163 Å². The summed E-state index contributed by atoms with van der Waals surface area (Å²) < 4.78 is 1.69. The van der Waals surface area contributed by atoms with E-state index in [-0.39, 0.29) is 23.6 Å². The third-order valence-corrected chi connectivity index (χ3v) is 6.03. The normalized spacial score (nSPS) is 22.3. The Morgan fingerprint density at radius 2 is 1.86 bits per heavy atom. The number of H-pyrrole nitrogens is 1. The summed E-state index contributed by atoms with van der Waals surface area (Å²) in [4.78, 5) is 28.0. The van der Waals surface area contributed by atoms with E-state index in [9.17, 15) is 9.59 Å². The summed E-state index contributed by atoms with van der Waals surface area (Å²) in [5.74, 6) is 0.511. The maximum atomic E-state index is 12.6. The van der Waals surface area contributed by atoms with Gasteiger partial charge in [0, 0.05) is 40.7 Å². The highest BCUT2D eigenvalue weighted by atomic mass is 16.1. The van der Waals surface area contributed by atoms with Crippen molar-refractivity contribution >= 4 is 16.8 Å². The SMILES string of the molecule is O=C(NC1CCC(n2nc(C3CC3)ccc2=O)CC1)c1ccc2[nH]ccc2c1. The molecule has 3 aromatic rings. The van der Waals surface area contributed by atoms with E-state index in [1.165, 1.54) is 12.8 Å². The highest BCUT2D eigenvalue weighted by Crippen LogP contribution is 2.38. The van der Waals surface area contributed by atoms with Crippen molar-refractivity contribution in [3.63, 3.8) is 0 Å². The Hall–Kier alpha value is -2.89. The number of aromatic amines is 1. The zero-order valence-corrected chi connectivity index (χ0v) is 15.7. The van der Waals surface area contributed by atoms with Gasteiger partial charge in [0.15, 0.2) is 0 Å². The molecule has 0 radical (unpaired) electrons. The Morgan fingerprint density at radius 3 is 2.64 bits per heavy atom. The molecule has 6 nitrogen and oxygen atoms in total. The van der Waals surface area contributed by atoms with Crippen molar-refractivity contribution in [3.05, 3.63) is 64.2 Å². The van der Waals surface area contributed by atoms with Crippen LogP contribution in [0.15, 0.2) is 47.4 Å². The molecule has 2 fully saturated rings. The Kier molecular flexibility index (Phi) is 4.26. The van der Waals surface area contributed by atoms with Gasteiger partial charge in [-0.2, -0.15) is 5.10 Å². The van der Waals surface area contributed by atoms with Crippen molar-refractivity contribution in [3.8, 4) is 0 Å². The van der Waals surface area contributed by atoms with Gasteiger partial charge in [-0.05, 0) is 68.9 Å². The number of hydrogen-bond acceptors (Lipinski definition) is 3. The molecule has 2 saturated carbocycles. The predicted molar refractivity (Wildman–Crippen MR) is 108 cm³/mol. The quantitative estimate of drug-likeness (QED) is 0.731. The second kappa shape index (κ2) is 6.93. The number of fused-ring (bicyclic) bond motifs is 1. The first kappa shape index (κ1) is 17.2. The van der Waals surface area contributed by atoms with Crippen LogP contribution in [0.5, 0.6) is 0 Å². The van der Waals surface area contributed by atoms with E-state index in [4.69, 9.17) is 0 Å². The van der Waals surface area contributed by atoms with Crippen molar-refractivity contribution in [1.82, 2.24) is 20.1 Å². The van der Waals surface area contributed by atoms with Crippen molar-refractivity contribution in [2.75, 3.05) is 0 Å². The maximum Gasteiger partial charge on any atom is 0.267 e. The van der Waals surface area contributed by atoms with Crippen LogP contribution in [0.25, 0.3) is 10.9 Å². The third kappa shape index (κ3) is 3.35. The lowest BCUT2D eigenvalue weighted by Gasteiger charge is -2.29. The maximum absolute atomic E-state index is 12.6. The summed E-state index contributed by atoms with van der Waals surface area (Å²) >= 11 is 0. The highest BCUT2D eigenvalue weighted by Gasteiger charge is 2.28. The van der Waals surface area contributed by atoms with Gasteiger partial charge >= 0.3 is 0 Å². The van der Waals surface area contributed by atoms with Gasteiger partial charge in [-0.25, -0.2) is 4.68 Å². The van der Waals surface area contributed by atoms with E-state index in [2.05, 4.69) is 15.4 Å². The molecule has 0 saturated heterocycles. The number of carbonyl (C=O) groups is 1. The van der Waals surface area contributed by atoms with Crippen LogP contribution in [0.4, 0.5) is 0 Å². The summed E-state index contributed by atoms with van der Waals surface area (Å²) in [5.41, 5.74) is 2.75. The molecular weight excluding hydrogens is 352 g/mol. The Balaban J connectivity index is 1.23. The zero-order valence-electron chi connectivity index (χ0n) is 15.7. The fourth-order valence-corrected chi connectivity index (χ4v) is 4.23. The summed E-state index contributed by atoms with van der Waals surface area (Å²) in [6.07, 6.45) is 7.69. The standard InChI is InChI=1S/C22H24N4O2/c27-21-10-9-20(14-1-2-14)25-26(21)18-6-4-17(5-7-18)24-22(28)16-3-8-19-15(13-16)11-12-23-19/h3,8-14,17-18,23H,1-2,4-7H2,(H,24,28). The summed E-state index contributed by atoms with van der Waals surface area (Å²) in [6.45, 7) is 0. The van der Waals surface area contributed by atoms with Crippen molar-refractivity contribution < 1.29 is 4.79 Å². The van der Waals surface area contributed by atoms with Crippen LogP contribution in [0.3, 0.4) is 0 Å². The second-order valence-electron chi connectivity index (χ2n) is 8.07. The lowest BCUT2D eigenvalue weighted by molar-refractivity contribution is 0.0921. The van der Waals surface area contributed by atoms with E-state index in [0.29, 0.717) is 11.5 Å². The third-order valence-electron chi connectivity index (χ3n) is 6.03. The summed E-state index contributed by atoms with van der Waals surface area (Å²) in [5, 5.41) is 8.83. The molecule has 144 valence electrons. The van der Waals surface area contributed by atoms with Crippen LogP contribution < -0.4 is 10.9 Å². The average molecular weight is 376 g/mol.